The fourth-order valence-corrected chi connectivity index (χ4v) is 4.50. The zero-order valence-corrected chi connectivity index (χ0v) is 23.6. The quantitative estimate of drug-likeness (QED) is 0.207. The molecule has 242 valence electrons. The Morgan fingerprint density at radius 3 is 1.53 bits per heavy atom. The number of carbonyl (C=O) groups excluding carboxylic acids is 1. The lowest BCUT2D eigenvalue weighted by Gasteiger charge is -2.24. The normalized spacial score (nSPS) is 21.5. The van der Waals surface area contributed by atoms with Crippen LogP contribution in [0.15, 0.2) is 48.5 Å². The summed E-state index contributed by atoms with van der Waals surface area (Å²) in [4.78, 5) is 22.5. The van der Waals surface area contributed by atoms with Gasteiger partial charge >= 0.3 is 19.2 Å². The van der Waals surface area contributed by atoms with Gasteiger partial charge in [-0.2, -0.15) is 17.6 Å². The number of aliphatic hydroxyl groups is 2. The zero-order valence-electron chi connectivity index (χ0n) is 24.6. The van der Waals surface area contributed by atoms with E-state index in [0.29, 0.717) is 50.6 Å². The highest BCUT2D eigenvalue weighted by atomic mass is 19.3. The molecule has 0 aliphatic heterocycles. The summed E-state index contributed by atoms with van der Waals surface area (Å²) in [7, 11) is -1.00. The van der Waals surface area contributed by atoms with E-state index in [1.54, 1.807) is 12.1 Å². The summed E-state index contributed by atoms with van der Waals surface area (Å²) < 4.78 is 71.0. The van der Waals surface area contributed by atoms with Crippen LogP contribution in [0.4, 0.5) is 27.6 Å². The summed E-state index contributed by atoms with van der Waals surface area (Å²) in [5.74, 6) is -0.545. The van der Waals surface area contributed by atoms with Gasteiger partial charge in [0.15, 0.2) is 0 Å². The topological polar surface area (TPSA) is 139 Å². The molecule has 2 saturated carbocycles. The fourth-order valence-electron chi connectivity index (χ4n) is 4.50. The number of hydrogen-bond donors (Lipinski definition) is 4. The van der Waals surface area contributed by atoms with Gasteiger partial charge in [-0.15, -0.1) is 0 Å². The molecule has 8 nitrogen and oxygen atoms in total. The van der Waals surface area contributed by atoms with Gasteiger partial charge in [-0.1, -0.05) is 12.1 Å². The molecule has 0 saturated heterocycles. The molecular weight excluding hydrogens is 581 g/mol. The molecule has 2 fully saturated rings. The molecule has 0 heterocycles. The number of carbonyl (C=O) groups is 2. The zero-order chi connectivity index (χ0) is 33.1. The van der Waals surface area contributed by atoms with E-state index in [9.17, 15) is 36.6 Å². The third-order valence-corrected chi connectivity index (χ3v) is 6.83. The van der Waals surface area contributed by atoms with Gasteiger partial charge in [-0.3, -0.25) is 14.0 Å². The number of nitrogen functional groups attached to an aromatic ring is 1. The third-order valence-electron chi connectivity index (χ3n) is 6.83. The molecule has 4 rings (SSSR count). The molecule has 43 heavy (non-hydrogen) atoms. The maximum atomic E-state index is 12.1. The van der Waals surface area contributed by atoms with Gasteiger partial charge in [0.05, 0.1) is 26.7 Å². The Kier molecular flexibility index (Phi) is 17.0. The summed E-state index contributed by atoms with van der Waals surface area (Å²) in [6, 6.07) is 11.9. The van der Waals surface area contributed by atoms with E-state index in [-0.39, 0.29) is 41.3 Å². The van der Waals surface area contributed by atoms with Crippen molar-refractivity contribution in [1.82, 2.24) is 0 Å². The molecule has 2 aliphatic carbocycles. The van der Waals surface area contributed by atoms with Crippen molar-refractivity contribution < 1.29 is 57.7 Å². The number of hydrogen-bond acceptors (Lipinski definition) is 7. The van der Waals surface area contributed by atoms with Crippen LogP contribution < -0.4 is 15.2 Å². The van der Waals surface area contributed by atoms with Crippen LogP contribution in [-0.4, -0.2) is 59.7 Å². The Labute approximate surface area is 249 Å². The molecule has 2 aliphatic rings. The van der Waals surface area contributed by atoms with Gasteiger partial charge in [0.1, 0.15) is 17.3 Å². The molecule has 5 N–H and O–H groups in total. The third kappa shape index (κ3) is 16.1. The van der Waals surface area contributed by atoms with Gasteiger partial charge in [0.25, 0.3) is 0 Å². The van der Waals surface area contributed by atoms with Crippen molar-refractivity contribution in [3.05, 3.63) is 54.1 Å². The van der Waals surface area contributed by atoms with Crippen molar-refractivity contribution in [2.45, 2.75) is 83.2 Å². The number of anilines is 1. The Balaban J connectivity index is 0.000000341. The first-order valence-corrected chi connectivity index (χ1v) is 13.6. The molecule has 13 heteroatoms. The van der Waals surface area contributed by atoms with Gasteiger partial charge in [-0.05, 0) is 93.3 Å². The minimum Gasteiger partial charge on any atom is -0.481 e. The van der Waals surface area contributed by atoms with Crippen molar-refractivity contribution in [2.75, 3.05) is 12.9 Å². The van der Waals surface area contributed by atoms with Crippen molar-refractivity contribution in [3.63, 3.8) is 0 Å². The first-order valence-electron chi connectivity index (χ1n) is 14.4. The molecule has 0 atom stereocenters. The highest BCUT2D eigenvalue weighted by molar-refractivity contribution is 5.83. The number of halogens is 5. The number of Topliss-reactive ketones (excluding diaryl/α,β-unsaturated/α-hetero) is 1. The number of benzene rings is 2. The molecule has 0 bridgehead atoms. The maximum absolute atomic E-state index is 12.1. The average Bonchev–Trinajstić information content (AvgIpc) is 2.96. The monoisotopic (exact) mass is 622 g/mol. The Hall–Kier alpha value is -3.45. The Morgan fingerprint density at radius 1 is 0.791 bits per heavy atom. The maximum Gasteiger partial charge on any atom is 0.387 e. The average molecular weight is 623 g/mol. The van der Waals surface area contributed by atoms with E-state index in [2.05, 4.69) is 9.47 Å². The number of ketones is 1. The molecule has 0 amide bonds. The van der Waals surface area contributed by atoms with Crippen molar-refractivity contribution in [3.8, 4) is 11.5 Å². The second-order valence-corrected chi connectivity index (χ2v) is 9.96. The van der Waals surface area contributed by atoms with E-state index in [1.165, 1.54) is 36.4 Å². The van der Waals surface area contributed by atoms with Gasteiger partial charge in [0, 0.05) is 18.0 Å². The van der Waals surface area contributed by atoms with Crippen LogP contribution in [0.1, 0.15) is 58.3 Å². The second kappa shape index (κ2) is 20.5. The van der Waals surface area contributed by atoms with Crippen molar-refractivity contribution in [1.29, 1.82) is 0 Å². The predicted octanol–water partition coefficient (Wildman–Crippen LogP) is 6.03. The number of aliphatic hydroxyl groups excluding tert-OH is 2. The van der Waals surface area contributed by atoms with E-state index in [1.807, 2.05) is 0 Å². The second-order valence-electron chi connectivity index (χ2n) is 9.96. The highest BCUT2D eigenvalue weighted by Crippen LogP contribution is 2.27. The van der Waals surface area contributed by atoms with Crippen molar-refractivity contribution in [2.24, 2.45) is 11.8 Å². The number of carboxylic acids is 1. The molecular formula is C30H40F5NO7. The molecule has 0 unspecified atom stereocenters. The number of ether oxygens (including phenoxy) is 2. The van der Waals surface area contributed by atoms with Gasteiger partial charge in [-0.25, -0.2) is 0 Å². The van der Waals surface area contributed by atoms with Crippen LogP contribution in [0.25, 0.3) is 0 Å². The standard InChI is InChI=1S/C15H18F2O3.C7H7F2NO.C7H12O3.CH3F/c16-15(17)20-13-7-1-10(2-8-13)9-14(19)11-3-5-12(18)6-4-11;8-7(9)11-6-3-1-5(10)2-4-6;8-6-3-1-5(2-4-6)7(9)10;1-2/h1-2,7-8,11-12,15,18H,3-6,9H2;1-4,7H,10H2;5-6,8H,1-4H2,(H,9,10);1H3/i;;;1D. The predicted molar refractivity (Wildman–Crippen MR) is 150 cm³/mol. The lowest BCUT2D eigenvalue weighted by atomic mass is 9.83. The van der Waals surface area contributed by atoms with Crippen molar-refractivity contribution >= 4 is 17.4 Å². The molecule has 2 aromatic rings. The van der Waals surface area contributed by atoms with Crippen LogP contribution in [-0.2, 0) is 16.0 Å². The molecule has 0 spiro atoms. The molecule has 2 aromatic carbocycles. The number of aliphatic carboxylic acids is 1. The Bertz CT molecular complexity index is 1060. The smallest absolute Gasteiger partial charge is 0.387 e. The largest absolute Gasteiger partial charge is 0.481 e. The van der Waals surface area contributed by atoms with E-state index >= 15 is 0 Å². The minimum atomic E-state index is -2.84. The summed E-state index contributed by atoms with van der Waals surface area (Å²) in [6.07, 6.45) is 5.16. The number of alkyl halides is 5. The van der Waals surface area contributed by atoms with E-state index in [0.717, 1.165) is 18.4 Å². The van der Waals surface area contributed by atoms with Crippen LogP contribution in [0.5, 0.6) is 11.5 Å². The summed E-state index contributed by atoms with van der Waals surface area (Å²) in [5, 5.41) is 27.0. The Morgan fingerprint density at radius 2 is 1.16 bits per heavy atom. The number of nitrogens with two attached hydrogens (primary N) is 1. The van der Waals surface area contributed by atoms with Crippen LogP contribution >= 0.6 is 0 Å². The number of rotatable bonds is 8. The lowest BCUT2D eigenvalue weighted by molar-refractivity contribution is -0.143. The number of carboxylic acid groups (broad SMARTS) is 1. The SMILES string of the molecule is Nc1ccc(OC(F)F)cc1.O=C(Cc1ccc(OC(F)F)cc1)C1CCC(O)CC1.O=C(O)C1CCC(O)CC1.[2H]CF. The van der Waals surface area contributed by atoms with Gasteiger partial charge in [0.2, 0.25) is 0 Å². The summed E-state index contributed by atoms with van der Waals surface area (Å²) >= 11 is 0. The first-order chi connectivity index (χ1) is 20.8. The highest BCUT2D eigenvalue weighted by Gasteiger charge is 2.25. The van der Waals surface area contributed by atoms with E-state index in [4.69, 9.17) is 17.3 Å². The summed E-state index contributed by atoms with van der Waals surface area (Å²) in [5.41, 5.74) is 6.63. The molecule has 0 radical (unpaired) electrons. The lowest BCUT2D eigenvalue weighted by Crippen LogP contribution is -2.25. The van der Waals surface area contributed by atoms with E-state index < -0.39 is 26.3 Å². The first kappa shape index (κ1) is 35.7. The van der Waals surface area contributed by atoms with Crippen LogP contribution in [0, 0.1) is 11.8 Å². The minimum absolute atomic E-state index is 0.00962. The van der Waals surface area contributed by atoms with Crippen LogP contribution in [0.3, 0.4) is 0 Å². The fraction of sp³-hybridized carbons (Fsp3) is 0.533. The molecule has 0 aromatic heterocycles. The van der Waals surface area contributed by atoms with Crippen LogP contribution in [0.2, 0.25) is 0 Å². The van der Waals surface area contributed by atoms with Gasteiger partial charge < -0.3 is 30.5 Å². The summed E-state index contributed by atoms with van der Waals surface area (Å²) in [6.45, 7) is -5.62.